The van der Waals surface area contributed by atoms with Crippen molar-refractivity contribution in [1.29, 1.82) is 0 Å². The van der Waals surface area contributed by atoms with E-state index in [1.54, 1.807) is 0 Å². The van der Waals surface area contributed by atoms with E-state index in [9.17, 15) is 0 Å². The largest absolute Gasteiger partial charge is 0.396 e. The van der Waals surface area contributed by atoms with Gasteiger partial charge in [-0.1, -0.05) is 12.2 Å². The molecule has 0 saturated heterocycles. The Hall–Kier alpha value is -0.560. The van der Waals surface area contributed by atoms with Crippen molar-refractivity contribution in [2.75, 3.05) is 6.61 Å². The summed E-state index contributed by atoms with van der Waals surface area (Å²) in [5, 5.41) is 8.73. The molecule has 1 unspecified atom stereocenters. The molecule has 0 aromatic heterocycles. The van der Waals surface area contributed by atoms with Crippen LogP contribution in [0.3, 0.4) is 0 Å². The van der Waals surface area contributed by atoms with Crippen molar-refractivity contribution in [1.82, 2.24) is 0 Å². The van der Waals surface area contributed by atoms with Gasteiger partial charge in [0.1, 0.15) is 0 Å². The molecule has 0 spiro atoms. The summed E-state index contributed by atoms with van der Waals surface area (Å²) < 4.78 is 0. The lowest BCUT2D eigenvalue weighted by atomic mass is 10.0. The molecule has 10 heavy (non-hydrogen) atoms. The number of hydrogen-bond donors (Lipinski definition) is 1. The first kappa shape index (κ1) is 9.44. The fraction of sp³-hybridized carbons (Fsp3) is 0.556. The maximum atomic E-state index is 8.73. The van der Waals surface area contributed by atoms with Gasteiger partial charge in [-0.05, 0) is 25.2 Å². The molecule has 0 aliphatic heterocycles. The second-order valence-electron chi connectivity index (χ2n) is 2.40. The molecule has 1 N–H and O–H groups in total. The first-order valence-corrected chi connectivity index (χ1v) is 3.69. The lowest BCUT2D eigenvalue weighted by Gasteiger charge is -2.05. The van der Waals surface area contributed by atoms with Crippen molar-refractivity contribution < 1.29 is 5.11 Å². The molecule has 1 nitrogen and oxygen atoms in total. The highest BCUT2D eigenvalue weighted by molar-refractivity contribution is 4.79. The molecule has 58 valence electrons. The van der Waals surface area contributed by atoms with Gasteiger partial charge in [0, 0.05) is 6.61 Å². The summed E-state index contributed by atoms with van der Waals surface area (Å²) >= 11 is 0. The third-order valence-corrected chi connectivity index (χ3v) is 1.55. The quantitative estimate of drug-likeness (QED) is 0.442. The molecule has 0 heterocycles. The predicted molar refractivity (Wildman–Crippen MR) is 44.8 cm³/mol. The molecule has 0 bridgehead atoms. The fourth-order valence-electron chi connectivity index (χ4n) is 0.808. The van der Waals surface area contributed by atoms with Gasteiger partial charge in [-0.25, -0.2) is 0 Å². The highest BCUT2D eigenvalue weighted by atomic mass is 16.3. The molecular formula is C9H16O. The SMILES string of the molecule is C=CCCCC(C=C)CO. The van der Waals surface area contributed by atoms with Gasteiger partial charge >= 0.3 is 0 Å². The summed E-state index contributed by atoms with van der Waals surface area (Å²) in [5.74, 6) is 0.278. The second kappa shape index (κ2) is 6.56. The van der Waals surface area contributed by atoms with Crippen molar-refractivity contribution >= 4 is 0 Å². The van der Waals surface area contributed by atoms with Crippen LogP contribution in [0, 0.1) is 5.92 Å². The van der Waals surface area contributed by atoms with Gasteiger partial charge in [0.15, 0.2) is 0 Å². The summed E-state index contributed by atoms with van der Waals surface area (Å²) in [6.45, 7) is 7.47. The van der Waals surface area contributed by atoms with E-state index < -0.39 is 0 Å². The fourth-order valence-corrected chi connectivity index (χ4v) is 0.808. The molecule has 0 radical (unpaired) electrons. The smallest absolute Gasteiger partial charge is 0.0493 e. The first-order valence-electron chi connectivity index (χ1n) is 3.69. The molecule has 1 heteroatoms. The van der Waals surface area contributed by atoms with Gasteiger partial charge in [-0.2, -0.15) is 0 Å². The molecule has 0 aromatic rings. The van der Waals surface area contributed by atoms with E-state index in [1.165, 1.54) is 0 Å². The first-order chi connectivity index (χ1) is 4.85. The van der Waals surface area contributed by atoms with Crippen LogP contribution in [0.4, 0.5) is 0 Å². The summed E-state index contributed by atoms with van der Waals surface area (Å²) in [6, 6.07) is 0. The van der Waals surface area contributed by atoms with Crippen LogP contribution in [0.1, 0.15) is 19.3 Å². The number of rotatable bonds is 6. The Bertz CT molecular complexity index is 96.9. The number of aliphatic hydroxyl groups excluding tert-OH is 1. The molecule has 0 fully saturated rings. The summed E-state index contributed by atoms with van der Waals surface area (Å²) in [7, 11) is 0. The maximum Gasteiger partial charge on any atom is 0.0493 e. The van der Waals surface area contributed by atoms with E-state index >= 15 is 0 Å². The Kier molecular flexibility index (Phi) is 6.19. The average Bonchev–Trinajstić information content (AvgIpc) is 1.99. The Morgan fingerprint density at radius 1 is 1.40 bits per heavy atom. The molecule has 1 atom stereocenters. The van der Waals surface area contributed by atoms with Crippen LogP contribution < -0.4 is 0 Å². The van der Waals surface area contributed by atoms with E-state index in [4.69, 9.17) is 5.11 Å². The van der Waals surface area contributed by atoms with E-state index in [0.29, 0.717) is 0 Å². The van der Waals surface area contributed by atoms with Crippen LogP contribution in [-0.4, -0.2) is 11.7 Å². The minimum atomic E-state index is 0.223. The van der Waals surface area contributed by atoms with Crippen LogP contribution in [0.5, 0.6) is 0 Å². The van der Waals surface area contributed by atoms with Crippen LogP contribution in [0.25, 0.3) is 0 Å². The third kappa shape index (κ3) is 4.33. The monoisotopic (exact) mass is 140 g/mol. The Balaban J connectivity index is 3.25. The lowest BCUT2D eigenvalue weighted by molar-refractivity contribution is 0.244. The topological polar surface area (TPSA) is 20.2 Å². The Morgan fingerprint density at radius 2 is 2.10 bits per heavy atom. The van der Waals surface area contributed by atoms with Crippen LogP contribution in [0.15, 0.2) is 25.3 Å². The number of hydrogen-bond acceptors (Lipinski definition) is 1. The van der Waals surface area contributed by atoms with Gasteiger partial charge in [-0.15, -0.1) is 13.2 Å². The van der Waals surface area contributed by atoms with Gasteiger partial charge in [-0.3, -0.25) is 0 Å². The standard InChI is InChI=1S/C9H16O/c1-3-5-6-7-9(4-2)8-10/h3-4,9-10H,1-2,5-8H2. The molecule has 0 aliphatic rings. The second-order valence-corrected chi connectivity index (χ2v) is 2.40. The van der Waals surface area contributed by atoms with E-state index in [-0.39, 0.29) is 12.5 Å². The normalized spacial score (nSPS) is 12.5. The number of aliphatic hydroxyl groups is 1. The van der Waals surface area contributed by atoms with Gasteiger partial charge in [0.25, 0.3) is 0 Å². The Labute approximate surface area is 63.1 Å². The molecule has 0 rings (SSSR count). The maximum absolute atomic E-state index is 8.73. The minimum Gasteiger partial charge on any atom is -0.396 e. The summed E-state index contributed by atoms with van der Waals surface area (Å²) in [4.78, 5) is 0. The van der Waals surface area contributed by atoms with Gasteiger partial charge in [0.05, 0.1) is 0 Å². The third-order valence-electron chi connectivity index (χ3n) is 1.55. The minimum absolute atomic E-state index is 0.223. The highest BCUT2D eigenvalue weighted by Crippen LogP contribution is 2.08. The lowest BCUT2D eigenvalue weighted by Crippen LogP contribution is -2.00. The molecule has 0 aromatic carbocycles. The van der Waals surface area contributed by atoms with E-state index in [0.717, 1.165) is 19.3 Å². The summed E-state index contributed by atoms with van der Waals surface area (Å²) in [6.07, 6.45) is 6.86. The highest BCUT2D eigenvalue weighted by Gasteiger charge is 1.99. The predicted octanol–water partition coefficient (Wildman–Crippen LogP) is 2.14. The van der Waals surface area contributed by atoms with Crippen LogP contribution >= 0.6 is 0 Å². The molecular weight excluding hydrogens is 124 g/mol. The average molecular weight is 140 g/mol. The molecule has 0 saturated carbocycles. The summed E-state index contributed by atoms with van der Waals surface area (Å²) in [5.41, 5.74) is 0. The van der Waals surface area contributed by atoms with Crippen molar-refractivity contribution in [3.63, 3.8) is 0 Å². The van der Waals surface area contributed by atoms with E-state index in [1.807, 2.05) is 12.2 Å². The van der Waals surface area contributed by atoms with Gasteiger partial charge < -0.3 is 5.11 Å². The van der Waals surface area contributed by atoms with Crippen molar-refractivity contribution in [3.05, 3.63) is 25.3 Å². The zero-order chi connectivity index (χ0) is 7.82. The zero-order valence-corrected chi connectivity index (χ0v) is 6.42. The zero-order valence-electron chi connectivity index (χ0n) is 6.42. The van der Waals surface area contributed by atoms with Crippen LogP contribution in [-0.2, 0) is 0 Å². The number of allylic oxidation sites excluding steroid dienone is 1. The van der Waals surface area contributed by atoms with E-state index in [2.05, 4.69) is 13.2 Å². The molecule has 0 amide bonds. The van der Waals surface area contributed by atoms with Crippen LogP contribution in [0.2, 0.25) is 0 Å². The van der Waals surface area contributed by atoms with Crippen molar-refractivity contribution in [3.8, 4) is 0 Å². The molecule has 0 aliphatic carbocycles. The van der Waals surface area contributed by atoms with Crippen molar-refractivity contribution in [2.45, 2.75) is 19.3 Å². The van der Waals surface area contributed by atoms with Gasteiger partial charge in [0.2, 0.25) is 0 Å². The number of unbranched alkanes of at least 4 members (excludes halogenated alkanes) is 1. The van der Waals surface area contributed by atoms with Crippen molar-refractivity contribution in [2.24, 2.45) is 5.92 Å². The Morgan fingerprint density at radius 3 is 2.50 bits per heavy atom.